The first kappa shape index (κ1) is 9.32. The lowest BCUT2D eigenvalue weighted by Crippen LogP contribution is -1.95. The summed E-state index contributed by atoms with van der Waals surface area (Å²) in [5.41, 5.74) is 0. The maximum Gasteiger partial charge on any atom is 0.0686 e. The topological polar surface area (TPSA) is 0 Å². The van der Waals surface area contributed by atoms with Gasteiger partial charge in [0, 0.05) is 5.03 Å². The summed E-state index contributed by atoms with van der Waals surface area (Å²) in [6.07, 6.45) is 3.23. The molecule has 0 fully saturated rings. The zero-order chi connectivity index (χ0) is 7.28. The molecule has 0 aromatic rings. The van der Waals surface area contributed by atoms with Crippen molar-refractivity contribution < 1.29 is 0 Å². The molecule has 0 heterocycles. The number of unbranched alkanes of at least 4 members (excludes halogenated alkanes) is 1. The molecule has 0 radical (unpaired) electrons. The molecule has 0 aliphatic carbocycles. The van der Waals surface area contributed by atoms with E-state index in [2.05, 4.69) is 13.5 Å². The van der Waals surface area contributed by atoms with Crippen molar-refractivity contribution in [1.82, 2.24) is 0 Å². The summed E-state index contributed by atoms with van der Waals surface area (Å²) in [5, 5.41) is 0.525. The first-order valence-electron chi connectivity index (χ1n) is 3.16. The summed E-state index contributed by atoms with van der Waals surface area (Å²) >= 11 is 11.3. The number of hydrogen-bond donors (Lipinski definition) is 0. The molecular weight excluding hydrogens is 155 g/mol. The van der Waals surface area contributed by atoms with Gasteiger partial charge in [-0.15, -0.1) is 11.6 Å². The van der Waals surface area contributed by atoms with Crippen molar-refractivity contribution in [2.45, 2.75) is 31.6 Å². The highest BCUT2D eigenvalue weighted by Gasteiger charge is 2.04. The third-order valence-corrected chi connectivity index (χ3v) is 2.01. The lowest BCUT2D eigenvalue weighted by atomic mass is 10.2. The number of hydrogen-bond acceptors (Lipinski definition) is 0. The van der Waals surface area contributed by atoms with E-state index in [-0.39, 0.29) is 5.38 Å². The number of allylic oxidation sites excluding steroid dienone is 1. The van der Waals surface area contributed by atoms with E-state index in [1.807, 2.05) is 0 Å². The van der Waals surface area contributed by atoms with Crippen LogP contribution in [0.3, 0.4) is 0 Å². The fraction of sp³-hybridized carbons (Fsp3) is 0.714. The molecule has 0 saturated carbocycles. The molecule has 0 saturated heterocycles. The van der Waals surface area contributed by atoms with Gasteiger partial charge in [0.1, 0.15) is 0 Å². The second-order valence-corrected chi connectivity index (χ2v) is 3.07. The van der Waals surface area contributed by atoms with Crippen LogP contribution in [0.4, 0.5) is 0 Å². The van der Waals surface area contributed by atoms with Crippen LogP contribution in [0.5, 0.6) is 0 Å². The van der Waals surface area contributed by atoms with Gasteiger partial charge in [0.2, 0.25) is 0 Å². The van der Waals surface area contributed by atoms with E-state index < -0.39 is 0 Å². The Morgan fingerprint density at radius 2 is 2.22 bits per heavy atom. The van der Waals surface area contributed by atoms with Crippen LogP contribution < -0.4 is 0 Å². The minimum atomic E-state index is -0.0355. The Hall–Kier alpha value is 0.320. The average Bonchev–Trinajstić information content (AvgIpc) is 1.82. The molecule has 1 atom stereocenters. The molecule has 0 aromatic carbocycles. The molecule has 1 unspecified atom stereocenters. The van der Waals surface area contributed by atoms with Crippen LogP contribution in [0, 0.1) is 0 Å². The van der Waals surface area contributed by atoms with Crippen LogP contribution in [0.2, 0.25) is 0 Å². The molecule has 0 N–H and O–H groups in total. The van der Waals surface area contributed by atoms with Gasteiger partial charge < -0.3 is 0 Å². The van der Waals surface area contributed by atoms with Gasteiger partial charge in [-0.3, -0.25) is 0 Å². The summed E-state index contributed by atoms with van der Waals surface area (Å²) in [6, 6.07) is 0. The van der Waals surface area contributed by atoms with Gasteiger partial charge in [0.25, 0.3) is 0 Å². The average molecular weight is 167 g/mol. The molecule has 0 nitrogen and oxygen atoms in total. The Labute approximate surface area is 66.8 Å². The first-order chi connectivity index (χ1) is 4.18. The Bertz CT molecular complexity index is 88.9. The molecule has 0 spiro atoms. The van der Waals surface area contributed by atoms with Crippen molar-refractivity contribution in [1.29, 1.82) is 0 Å². The molecule has 0 aliphatic rings. The maximum atomic E-state index is 5.76. The van der Waals surface area contributed by atoms with Crippen LogP contribution >= 0.6 is 23.2 Å². The Morgan fingerprint density at radius 3 is 2.56 bits per heavy atom. The zero-order valence-electron chi connectivity index (χ0n) is 5.66. The molecule has 0 aliphatic heterocycles. The molecular formula is C7H12Cl2. The van der Waals surface area contributed by atoms with Gasteiger partial charge in [-0.1, -0.05) is 37.9 Å². The van der Waals surface area contributed by atoms with Gasteiger partial charge in [-0.2, -0.15) is 0 Å². The minimum absolute atomic E-state index is 0.0355. The molecule has 0 aromatic heterocycles. The van der Waals surface area contributed by atoms with Crippen molar-refractivity contribution >= 4 is 23.2 Å². The van der Waals surface area contributed by atoms with E-state index in [1.165, 1.54) is 0 Å². The summed E-state index contributed by atoms with van der Waals surface area (Å²) in [4.78, 5) is 0. The van der Waals surface area contributed by atoms with Crippen LogP contribution in [-0.4, -0.2) is 5.38 Å². The van der Waals surface area contributed by atoms with Crippen LogP contribution in [0.15, 0.2) is 11.6 Å². The van der Waals surface area contributed by atoms with E-state index >= 15 is 0 Å². The van der Waals surface area contributed by atoms with Crippen molar-refractivity contribution in [3.05, 3.63) is 11.6 Å². The molecule has 2 heteroatoms. The Kier molecular flexibility index (Phi) is 5.31. The zero-order valence-corrected chi connectivity index (χ0v) is 7.17. The van der Waals surface area contributed by atoms with Gasteiger partial charge in [0.15, 0.2) is 0 Å². The number of halogens is 2. The summed E-state index contributed by atoms with van der Waals surface area (Å²) < 4.78 is 0. The van der Waals surface area contributed by atoms with Crippen molar-refractivity contribution in [3.8, 4) is 0 Å². The van der Waals surface area contributed by atoms with E-state index in [1.54, 1.807) is 0 Å². The smallest absolute Gasteiger partial charge is 0.0686 e. The molecule has 9 heavy (non-hydrogen) atoms. The van der Waals surface area contributed by atoms with Crippen molar-refractivity contribution in [3.63, 3.8) is 0 Å². The monoisotopic (exact) mass is 166 g/mol. The van der Waals surface area contributed by atoms with Gasteiger partial charge in [-0.25, -0.2) is 0 Å². The van der Waals surface area contributed by atoms with E-state index in [4.69, 9.17) is 23.2 Å². The Balaban J connectivity index is 3.27. The largest absolute Gasteiger partial charge is 0.117 e. The third-order valence-electron chi connectivity index (χ3n) is 1.15. The Morgan fingerprint density at radius 1 is 1.67 bits per heavy atom. The van der Waals surface area contributed by atoms with E-state index in [0.29, 0.717) is 5.03 Å². The van der Waals surface area contributed by atoms with Gasteiger partial charge in [0.05, 0.1) is 5.38 Å². The summed E-state index contributed by atoms with van der Waals surface area (Å²) in [6.45, 7) is 5.67. The van der Waals surface area contributed by atoms with Gasteiger partial charge in [-0.05, 0) is 6.42 Å². The van der Waals surface area contributed by atoms with E-state index in [9.17, 15) is 0 Å². The highest BCUT2D eigenvalue weighted by atomic mass is 35.5. The van der Waals surface area contributed by atoms with Crippen LogP contribution in [-0.2, 0) is 0 Å². The van der Waals surface area contributed by atoms with E-state index in [0.717, 1.165) is 19.3 Å². The molecule has 0 bridgehead atoms. The van der Waals surface area contributed by atoms with Gasteiger partial charge >= 0.3 is 0 Å². The molecule has 0 amide bonds. The number of alkyl halides is 1. The standard InChI is InChI=1S/C7H12Cl2/c1-3-4-5-7(9)6(2)8/h7H,2-5H2,1H3. The van der Waals surface area contributed by atoms with Crippen molar-refractivity contribution in [2.75, 3.05) is 0 Å². The maximum absolute atomic E-state index is 5.76. The second kappa shape index (κ2) is 5.13. The first-order valence-corrected chi connectivity index (χ1v) is 3.98. The normalized spacial score (nSPS) is 13.2. The van der Waals surface area contributed by atoms with Crippen LogP contribution in [0.25, 0.3) is 0 Å². The third kappa shape index (κ3) is 4.80. The molecule has 0 rings (SSSR count). The summed E-state index contributed by atoms with van der Waals surface area (Å²) in [5.74, 6) is 0. The predicted molar refractivity (Wildman–Crippen MR) is 44.2 cm³/mol. The van der Waals surface area contributed by atoms with Crippen molar-refractivity contribution in [2.24, 2.45) is 0 Å². The number of rotatable bonds is 4. The minimum Gasteiger partial charge on any atom is -0.117 e. The highest BCUT2D eigenvalue weighted by Crippen LogP contribution is 2.17. The lowest BCUT2D eigenvalue weighted by Gasteiger charge is -2.03. The quantitative estimate of drug-likeness (QED) is 0.561. The highest BCUT2D eigenvalue weighted by molar-refractivity contribution is 6.37. The summed E-state index contributed by atoms with van der Waals surface area (Å²) in [7, 11) is 0. The second-order valence-electron chi connectivity index (χ2n) is 2.06. The fourth-order valence-corrected chi connectivity index (χ4v) is 0.803. The SMILES string of the molecule is C=C(Cl)C(Cl)CCCC. The molecule has 54 valence electrons. The lowest BCUT2D eigenvalue weighted by molar-refractivity contribution is 0.730. The van der Waals surface area contributed by atoms with Crippen LogP contribution in [0.1, 0.15) is 26.2 Å². The predicted octanol–water partition coefficient (Wildman–Crippen LogP) is 3.54. The fourth-order valence-electron chi connectivity index (χ4n) is 0.540.